The largest absolute Gasteiger partial charge is 0.351 e. The summed E-state index contributed by atoms with van der Waals surface area (Å²) in [4.78, 5) is 5.80. The van der Waals surface area contributed by atoms with Gasteiger partial charge in [0.2, 0.25) is 0 Å². The predicted molar refractivity (Wildman–Crippen MR) is 67.2 cm³/mol. The van der Waals surface area contributed by atoms with Gasteiger partial charge in [-0.05, 0) is 25.7 Å². The van der Waals surface area contributed by atoms with Gasteiger partial charge >= 0.3 is 0 Å². The van der Waals surface area contributed by atoms with Gasteiger partial charge in [-0.15, -0.1) is 0 Å². The van der Waals surface area contributed by atoms with Crippen LogP contribution in [0.3, 0.4) is 0 Å². The maximum Gasteiger partial charge on any atom is 0.178 e. The van der Waals surface area contributed by atoms with E-state index < -0.39 is 11.6 Å². The molecule has 2 atom stereocenters. The SMILES string of the molecule is CC1CCN(c2nc(NN)c(F)cc2F)C(C)C1. The molecule has 1 aliphatic heterocycles. The zero-order valence-electron chi connectivity index (χ0n) is 10.6. The number of rotatable bonds is 2. The van der Waals surface area contributed by atoms with Crippen LogP contribution in [-0.4, -0.2) is 17.6 Å². The molecule has 0 saturated carbocycles. The predicted octanol–water partition coefficient (Wildman–Crippen LogP) is 2.27. The first kappa shape index (κ1) is 13.0. The van der Waals surface area contributed by atoms with Gasteiger partial charge in [0.15, 0.2) is 23.3 Å². The van der Waals surface area contributed by atoms with E-state index in [9.17, 15) is 8.78 Å². The molecule has 100 valence electrons. The molecule has 4 nitrogen and oxygen atoms in total. The van der Waals surface area contributed by atoms with Gasteiger partial charge in [-0.3, -0.25) is 0 Å². The number of anilines is 2. The van der Waals surface area contributed by atoms with Gasteiger partial charge in [-0.1, -0.05) is 6.92 Å². The van der Waals surface area contributed by atoms with Crippen molar-refractivity contribution >= 4 is 11.6 Å². The van der Waals surface area contributed by atoms with Crippen molar-refractivity contribution in [2.24, 2.45) is 11.8 Å². The summed E-state index contributed by atoms with van der Waals surface area (Å²) in [6.07, 6.45) is 1.96. The first-order valence-corrected chi connectivity index (χ1v) is 6.12. The van der Waals surface area contributed by atoms with Crippen molar-refractivity contribution in [1.29, 1.82) is 0 Å². The van der Waals surface area contributed by atoms with Crippen molar-refractivity contribution in [3.05, 3.63) is 17.7 Å². The van der Waals surface area contributed by atoms with Crippen molar-refractivity contribution in [3.8, 4) is 0 Å². The van der Waals surface area contributed by atoms with E-state index in [1.807, 2.05) is 11.8 Å². The Morgan fingerprint density at radius 3 is 2.72 bits per heavy atom. The lowest BCUT2D eigenvalue weighted by Crippen LogP contribution is -2.41. The van der Waals surface area contributed by atoms with Crippen molar-refractivity contribution in [2.75, 3.05) is 16.9 Å². The third-order valence-corrected chi connectivity index (χ3v) is 3.46. The number of nitrogens with zero attached hydrogens (tertiary/aromatic N) is 2. The molecular formula is C12H18F2N4. The van der Waals surface area contributed by atoms with E-state index in [0.717, 1.165) is 25.5 Å². The van der Waals surface area contributed by atoms with Gasteiger partial charge in [-0.25, -0.2) is 19.6 Å². The van der Waals surface area contributed by atoms with Gasteiger partial charge in [0.25, 0.3) is 0 Å². The Morgan fingerprint density at radius 1 is 1.39 bits per heavy atom. The van der Waals surface area contributed by atoms with Crippen molar-refractivity contribution in [3.63, 3.8) is 0 Å². The Kier molecular flexibility index (Phi) is 3.65. The minimum Gasteiger partial charge on any atom is -0.351 e. The molecule has 0 spiro atoms. The number of aromatic nitrogens is 1. The van der Waals surface area contributed by atoms with Crippen molar-refractivity contribution in [1.82, 2.24) is 4.98 Å². The van der Waals surface area contributed by atoms with E-state index >= 15 is 0 Å². The summed E-state index contributed by atoms with van der Waals surface area (Å²) in [5.74, 6) is 4.40. The highest BCUT2D eigenvalue weighted by atomic mass is 19.1. The first-order chi connectivity index (χ1) is 8.52. The average molecular weight is 256 g/mol. The molecule has 2 heterocycles. The monoisotopic (exact) mass is 256 g/mol. The molecule has 18 heavy (non-hydrogen) atoms. The van der Waals surface area contributed by atoms with E-state index in [4.69, 9.17) is 5.84 Å². The third-order valence-electron chi connectivity index (χ3n) is 3.46. The maximum atomic E-state index is 13.8. The van der Waals surface area contributed by atoms with Gasteiger partial charge in [0.05, 0.1) is 0 Å². The number of piperidine rings is 1. The van der Waals surface area contributed by atoms with E-state index in [-0.39, 0.29) is 17.7 Å². The van der Waals surface area contributed by atoms with Crippen molar-refractivity contribution in [2.45, 2.75) is 32.7 Å². The molecule has 1 saturated heterocycles. The van der Waals surface area contributed by atoms with Crippen LogP contribution in [0.2, 0.25) is 0 Å². The van der Waals surface area contributed by atoms with Gasteiger partial charge in [0, 0.05) is 18.7 Å². The molecule has 3 N–H and O–H groups in total. The van der Waals surface area contributed by atoms with Crippen molar-refractivity contribution < 1.29 is 8.78 Å². The number of hydrogen-bond donors (Lipinski definition) is 2. The molecule has 1 aliphatic rings. The first-order valence-electron chi connectivity index (χ1n) is 6.12. The molecule has 0 bridgehead atoms. The molecule has 1 fully saturated rings. The van der Waals surface area contributed by atoms with Crippen LogP contribution in [0.4, 0.5) is 20.4 Å². The number of nitrogens with two attached hydrogens (primary N) is 1. The summed E-state index contributed by atoms with van der Waals surface area (Å²) in [6, 6.07) is 1.01. The van der Waals surface area contributed by atoms with Crippen LogP contribution in [0.15, 0.2) is 6.07 Å². The quantitative estimate of drug-likeness (QED) is 0.629. The second-order valence-corrected chi connectivity index (χ2v) is 4.94. The van der Waals surface area contributed by atoms with Crippen LogP contribution >= 0.6 is 0 Å². The summed E-state index contributed by atoms with van der Waals surface area (Å²) in [5, 5.41) is 0. The molecular weight excluding hydrogens is 238 g/mol. The highest BCUT2D eigenvalue weighted by Gasteiger charge is 2.27. The normalized spacial score (nSPS) is 24.2. The molecule has 2 rings (SSSR count). The Morgan fingerprint density at radius 2 is 2.11 bits per heavy atom. The van der Waals surface area contributed by atoms with Crippen LogP contribution in [0.25, 0.3) is 0 Å². The highest BCUT2D eigenvalue weighted by Crippen LogP contribution is 2.29. The van der Waals surface area contributed by atoms with Crippen LogP contribution in [0, 0.1) is 17.6 Å². The van der Waals surface area contributed by atoms with Crippen LogP contribution < -0.4 is 16.2 Å². The minimum absolute atomic E-state index is 0.128. The average Bonchev–Trinajstić information content (AvgIpc) is 2.30. The van der Waals surface area contributed by atoms with E-state index in [2.05, 4.69) is 17.3 Å². The second-order valence-electron chi connectivity index (χ2n) is 4.94. The van der Waals surface area contributed by atoms with Crippen LogP contribution in [-0.2, 0) is 0 Å². The standard InChI is InChI=1S/C12H18F2N4/c1-7-3-4-18(8(2)5-7)12-10(14)6-9(13)11(16-12)17-15/h6-8H,3-5,15H2,1-2H3,(H,16,17). The molecule has 0 aromatic carbocycles. The van der Waals surface area contributed by atoms with E-state index in [1.165, 1.54) is 0 Å². The molecule has 1 aromatic rings. The number of nitrogens with one attached hydrogen (secondary N) is 1. The summed E-state index contributed by atoms with van der Waals surface area (Å²) in [6.45, 7) is 4.92. The zero-order chi connectivity index (χ0) is 13.3. The Bertz CT molecular complexity index is 438. The third kappa shape index (κ3) is 2.38. The number of nitrogen functional groups attached to an aromatic ring is 1. The Hall–Kier alpha value is -1.43. The lowest BCUT2D eigenvalue weighted by Gasteiger charge is -2.37. The fraction of sp³-hybridized carbons (Fsp3) is 0.583. The molecule has 0 aliphatic carbocycles. The van der Waals surface area contributed by atoms with Crippen LogP contribution in [0.5, 0.6) is 0 Å². The number of hydrazine groups is 1. The molecule has 0 amide bonds. The van der Waals surface area contributed by atoms with E-state index in [1.54, 1.807) is 0 Å². The summed E-state index contributed by atoms with van der Waals surface area (Å²) in [7, 11) is 0. The fourth-order valence-corrected chi connectivity index (χ4v) is 2.48. The molecule has 2 unspecified atom stereocenters. The lowest BCUT2D eigenvalue weighted by atomic mass is 9.93. The smallest absolute Gasteiger partial charge is 0.178 e. The second kappa shape index (κ2) is 5.06. The summed E-state index contributed by atoms with van der Waals surface area (Å²) >= 11 is 0. The minimum atomic E-state index is -0.781. The molecule has 0 radical (unpaired) electrons. The molecule has 1 aromatic heterocycles. The lowest BCUT2D eigenvalue weighted by molar-refractivity contribution is 0.372. The molecule has 6 heteroatoms. The van der Waals surface area contributed by atoms with E-state index in [0.29, 0.717) is 5.92 Å². The highest BCUT2D eigenvalue weighted by molar-refractivity contribution is 5.49. The zero-order valence-corrected chi connectivity index (χ0v) is 10.6. The maximum absolute atomic E-state index is 13.8. The number of hydrogen-bond acceptors (Lipinski definition) is 4. The Labute approximate surface area is 105 Å². The Balaban J connectivity index is 2.32. The summed E-state index contributed by atoms with van der Waals surface area (Å²) < 4.78 is 27.1. The van der Waals surface area contributed by atoms with Crippen LogP contribution in [0.1, 0.15) is 26.7 Å². The summed E-state index contributed by atoms with van der Waals surface area (Å²) in [5.41, 5.74) is 2.15. The van der Waals surface area contributed by atoms with Gasteiger partial charge in [-0.2, -0.15) is 0 Å². The topological polar surface area (TPSA) is 54.2 Å². The van der Waals surface area contributed by atoms with Gasteiger partial charge < -0.3 is 10.3 Å². The van der Waals surface area contributed by atoms with Gasteiger partial charge in [0.1, 0.15) is 0 Å². The number of halogens is 2. The fourth-order valence-electron chi connectivity index (χ4n) is 2.48. The number of pyridine rings is 1.